The van der Waals surface area contributed by atoms with Crippen LogP contribution in [-0.4, -0.2) is 10.2 Å². The molecule has 0 N–H and O–H groups in total. The molecule has 0 fully saturated rings. The van der Waals surface area contributed by atoms with E-state index in [9.17, 15) is 22.0 Å². The van der Waals surface area contributed by atoms with Crippen LogP contribution in [-0.2, 0) is 5.75 Å². The number of rotatable bonds is 4. The van der Waals surface area contributed by atoms with Crippen LogP contribution >= 0.6 is 11.8 Å². The van der Waals surface area contributed by atoms with Gasteiger partial charge in [0.2, 0.25) is 17.6 Å². The minimum Gasteiger partial charge on any atom is -0.420 e. The lowest BCUT2D eigenvalue weighted by Crippen LogP contribution is -2.03. The molecule has 1 aromatic heterocycles. The highest BCUT2D eigenvalue weighted by Crippen LogP contribution is 2.33. The van der Waals surface area contributed by atoms with E-state index in [1.807, 2.05) is 0 Å². The smallest absolute Gasteiger partial charge is 0.247 e. The molecular formula is C15H7F5N2OS. The van der Waals surface area contributed by atoms with E-state index < -0.39 is 34.0 Å². The van der Waals surface area contributed by atoms with Crippen LogP contribution in [0.2, 0.25) is 0 Å². The van der Waals surface area contributed by atoms with E-state index in [1.165, 1.54) is 0 Å². The molecule has 0 saturated carbocycles. The van der Waals surface area contributed by atoms with E-state index >= 15 is 0 Å². The zero-order chi connectivity index (χ0) is 17.3. The van der Waals surface area contributed by atoms with Crippen LogP contribution in [0.5, 0.6) is 0 Å². The number of halogens is 5. The van der Waals surface area contributed by atoms with Gasteiger partial charge in [0, 0.05) is 5.56 Å². The summed E-state index contributed by atoms with van der Waals surface area (Å²) in [6.07, 6.45) is 0. The molecule has 24 heavy (non-hydrogen) atoms. The van der Waals surface area contributed by atoms with Gasteiger partial charge in [0.25, 0.3) is 0 Å². The van der Waals surface area contributed by atoms with E-state index in [1.54, 1.807) is 30.3 Å². The van der Waals surface area contributed by atoms with Crippen molar-refractivity contribution in [3.63, 3.8) is 0 Å². The highest BCUT2D eigenvalue weighted by molar-refractivity contribution is 7.98. The topological polar surface area (TPSA) is 38.9 Å². The largest absolute Gasteiger partial charge is 0.420 e. The lowest BCUT2D eigenvalue weighted by molar-refractivity contribution is 0.361. The Kier molecular flexibility index (Phi) is 4.52. The fraction of sp³-hybridized carbons (Fsp3) is 0.0667. The van der Waals surface area contributed by atoms with Gasteiger partial charge in [-0.1, -0.05) is 18.2 Å². The predicted molar refractivity (Wildman–Crippen MR) is 75.5 cm³/mol. The van der Waals surface area contributed by atoms with Crippen molar-refractivity contribution in [1.29, 1.82) is 0 Å². The molecule has 124 valence electrons. The summed E-state index contributed by atoms with van der Waals surface area (Å²) in [6.45, 7) is 0. The van der Waals surface area contributed by atoms with Crippen molar-refractivity contribution < 1.29 is 26.4 Å². The third kappa shape index (κ3) is 2.99. The SMILES string of the molecule is Fc1c(F)c(F)c(SCc2nnc(-c3ccccc3)o2)c(F)c1F. The highest BCUT2D eigenvalue weighted by atomic mass is 32.2. The van der Waals surface area contributed by atoms with Crippen LogP contribution in [0, 0.1) is 29.1 Å². The maximum atomic E-state index is 13.6. The molecule has 0 saturated heterocycles. The molecule has 0 aliphatic carbocycles. The van der Waals surface area contributed by atoms with E-state index in [4.69, 9.17) is 4.42 Å². The molecule has 2 aromatic carbocycles. The second kappa shape index (κ2) is 6.60. The molecule has 0 bridgehead atoms. The second-order valence-electron chi connectivity index (χ2n) is 4.55. The van der Waals surface area contributed by atoms with Crippen molar-refractivity contribution in [3.05, 3.63) is 65.3 Å². The summed E-state index contributed by atoms with van der Waals surface area (Å²) in [5, 5.41) is 7.45. The average Bonchev–Trinajstić information content (AvgIpc) is 3.08. The Morgan fingerprint density at radius 2 is 1.38 bits per heavy atom. The molecule has 0 radical (unpaired) electrons. The third-order valence-corrected chi connectivity index (χ3v) is 4.04. The minimum absolute atomic E-state index is 0.0113. The molecule has 0 atom stereocenters. The van der Waals surface area contributed by atoms with Gasteiger partial charge in [-0.25, -0.2) is 22.0 Å². The van der Waals surface area contributed by atoms with Gasteiger partial charge in [-0.3, -0.25) is 0 Å². The van der Waals surface area contributed by atoms with Crippen molar-refractivity contribution in [2.24, 2.45) is 0 Å². The van der Waals surface area contributed by atoms with Gasteiger partial charge >= 0.3 is 0 Å². The molecule has 3 nitrogen and oxygen atoms in total. The van der Waals surface area contributed by atoms with Gasteiger partial charge in [-0.15, -0.1) is 22.0 Å². The van der Waals surface area contributed by atoms with Crippen LogP contribution in [0.3, 0.4) is 0 Å². The first-order valence-electron chi connectivity index (χ1n) is 6.51. The Balaban J connectivity index is 1.81. The van der Waals surface area contributed by atoms with Crippen molar-refractivity contribution in [2.45, 2.75) is 10.6 Å². The van der Waals surface area contributed by atoms with Crippen LogP contribution in [0.25, 0.3) is 11.5 Å². The van der Waals surface area contributed by atoms with Gasteiger partial charge in [0.15, 0.2) is 23.3 Å². The fourth-order valence-corrected chi connectivity index (χ4v) is 2.67. The molecular weight excluding hydrogens is 351 g/mol. The average molecular weight is 358 g/mol. The molecule has 0 spiro atoms. The Labute approximate surface area is 136 Å². The van der Waals surface area contributed by atoms with E-state index in [2.05, 4.69) is 10.2 Å². The summed E-state index contributed by atoms with van der Waals surface area (Å²) in [6, 6.07) is 8.73. The molecule has 3 rings (SSSR count). The number of nitrogens with zero attached hydrogens (tertiary/aromatic N) is 2. The molecule has 0 unspecified atom stereocenters. The first-order chi connectivity index (χ1) is 11.5. The summed E-state index contributed by atoms with van der Waals surface area (Å²) < 4.78 is 71.7. The summed E-state index contributed by atoms with van der Waals surface area (Å²) in [5.74, 6) is -10.0. The second-order valence-corrected chi connectivity index (χ2v) is 5.54. The number of hydrogen-bond acceptors (Lipinski definition) is 4. The Bertz CT molecular complexity index is 856. The van der Waals surface area contributed by atoms with Gasteiger partial charge in [-0.2, -0.15) is 0 Å². The van der Waals surface area contributed by atoms with Gasteiger partial charge < -0.3 is 4.42 Å². The van der Waals surface area contributed by atoms with E-state index in [0.29, 0.717) is 17.3 Å². The Morgan fingerprint density at radius 1 is 0.792 bits per heavy atom. The molecule has 0 aliphatic rings. The number of aromatic nitrogens is 2. The number of benzene rings is 2. The van der Waals surface area contributed by atoms with Crippen LogP contribution < -0.4 is 0 Å². The van der Waals surface area contributed by atoms with Gasteiger partial charge in [0.1, 0.15) is 0 Å². The molecule has 0 aliphatic heterocycles. The van der Waals surface area contributed by atoms with E-state index in [-0.39, 0.29) is 17.5 Å². The number of hydrogen-bond donors (Lipinski definition) is 0. The lowest BCUT2D eigenvalue weighted by Gasteiger charge is -2.06. The quantitative estimate of drug-likeness (QED) is 0.293. The van der Waals surface area contributed by atoms with Crippen molar-refractivity contribution in [2.75, 3.05) is 0 Å². The number of thioether (sulfide) groups is 1. The normalized spacial score (nSPS) is 11.0. The van der Waals surface area contributed by atoms with Crippen LogP contribution in [0.4, 0.5) is 22.0 Å². The summed E-state index contributed by atoms with van der Waals surface area (Å²) in [4.78, 5) is -0.995. The zero-order valence-electron chi connectivity index (χ0n) is 11.7. The Hall–Kier alpha value is -2.42. The van der Waals surface area contributed by atoms with Crippen molar-refractivity contribution in [1.82, 2.24) is 10.2 Å². The lowest BCUT2D eigenvalue weighted by atomic mass is 10.2. The Morgan fingerprint density at radius 3 is 2.00 bits per heavy atom. The van der Waals surface area contributed by atoms with Crippen molar-refractivity contribution >= 4 is 11.8 Å². The molecule has 3 aromatic rings. The predicted octanol–water partition coefficient (Wildman–Crippen LogP) is 4.72. The summed E-state index contributed by atoms with van der Waals surface area (Å²) in [5.41, 5.74) is 0.637. The first-order valence-corrected chi connectivity index (χ1v) is 7.49. The maximum Gasteiger partial charge on any atom is 0.247 e. The first kappa shape index (κ1) is 16.4. The molecule has 9 heteroatoms. The van der Waals surface area contributed by atoms with E-state index in [0.717, 1.165) is 0 Å². The summed E-state index contributed by atoms with van der Waals surface area (Å²) >= 11 is 0.379. The highest BCUT2D eigenvalue weighted by Gasteiger charge is 2.26. The molecule has 0 amide bonds. The zero-order valence-corrected chi connectivity index (χ0v) is 12.5. The summed E-state index contributed by atoms with van der Waals surface area (Å²) in [7, 11) is 0. The van der Waals surface area contributed by atoms with Crippen LogP contribution in [0.15, 0.2) is 39.6 Å². The van der Waals surface area contributed by atoms with Gasteiger partial charge in [-0.05, 0) is 12.1 Å². The fourth-order valence-electron chi connectivity index (χ4n) is 1.85. The maximum absolute atomic E-state index is 13.6. The standard InChI is InChI=1S/C15H7F5N2OS/c16-9-10(17)12(19)14(13(20)11(9)18)24-6-8-21-22-15(23-8)7-4-2-1-3-5-7/h1-5H,6H2. The molecule has 1 heterocycles. The van der Waals surface area contributed by atoms with Crippen LogP contribution in [0.1, 0.15) is 5.89 Å². The van der Waals surface area contributed by atoms with Crippen molar-refractivity contribution in [3.8, 4) is 11.5 Å². The third-order valence-electron chi connectivity index (χ3n) is 3.00. The monoisotopic (exact) mass is 358 g/mol. The van der Waals surface area contributed by atoms with Gasteiger partial charge in [0.05, 0.1) is 10.6 Å². The minimum atomic E-state index is -2.20.